The topological polar surface area (TPSA) is 100 Å². The molecule has 164 valence electrons. The van der Waals surface area contributed by atoms with Crippen molar-refractivity contribution in [2.24, 2.45) is 0 Å². The van der Waals surface area contributed by atoms with Crippen LogP contribution in [0.2, 0.25) is 0 Å². The van der Waals surface area contributed by atoms with Crippen LogP contribution in [0.5, 0.6) is 0 Å². The molecule has 0 aliphatic carbocycles. The molecule has 8 heteroatoms. The van der Waals surface area contributed by atoms with E-state index in [9.17, 15) is 14.4 Å². The molecule has 2 heterocycles. The summed E-state index contributed by atoms with van der Waals surface area (Å²) in [5.41, 5.74) is 0.809. The van der Waals surface area contributed by atoms with Crippen LogP contribution >= 0.6 is 0 Å². The van der Waals surface area contributed by atoms with Gasteiger partial charge in [-0.1, -0.05) is 47.7 Å². The fraction of sp³-hybridized carbons (Fsp3) is 0.348. The Labute approximate surface area is 181 Å². The minimum Gasteiger partial charge on any atom is -0.465 e. The van der Waals surface area contributed by atoms with E-state index in [1.807, 2.05) is 12.3 Å². The third-order valence-corrected chi connectivity index (χ3v) is 4.16. The standard InChI is InChI=1S/C23H27N3O5/c27-16-10-4-1-2-6-13-21-19-26-18-20(24-25-26)12-8-9-14-22(28)30-17-11-5-3-7-15-23(29)31-21/h1-7,10,13,15-16,18,21H,8-9,11-12,14,17,19H2/b2-1+,5-3+,10-4+,13-6+,15-7+. The van der Waals surface area contributed by atoms with E-state index in [4.69, 9.17) is 9.47 Å². The van der Waals surface area contributed by atoms with Crippen molar-refractivity contribution in [2.45, 2.75) is 44.8 Å². The number of aryl methyl sites for hydroxylation is 1. The zero-order chi connectivity index (χ0) is 22.2. The van der Waals surface area contributed by atoms with Crippen LogP contribution in [0.25, 0.3) is 0 Å². The highest BCUT2D eigenvalue weighted by atomic mass is 16.5. The smallest absolute Gasteiger partial charge is 0.331 e. The van der Waals surface area contributed by atoms with Crippen molar-refractivity contribution in [2.75, 3.05) is 6.61 Å². The molecule has 0 radical (unpaired) electrons. The Bertz CT molecular complexity index is 864. The summed E-state index contributed by atoms with van der Waals surface area (Å²) < 4.78 is 12.3. The van der Waals surface area contributed by atoms with E-state index in [1.54, 1.807) is 47.2 Å². The first kappa shape index (κ1) is 23.7. The summed E-state index contributed by atoms with van der Waals surface area (Å²) in [7, 11) is 0. The maximum atomic E-state index is 12.2. The van der Waals surface area contributed by atoms with E-state index in [0.717, 1.165) is 18.5 Å². The maximum absolute atomic E-state index is 12.2. The highest BCUT2D eigenvalue weighted by Crippen LogP contribution is 2.07. The van der Waals surface area contributed by atoms with Crippen molar-refractivity contribution in [3.8, 4) is 0 Å². The predicted molar refractivity (Wildman–Crippen MR) is 115 cm³/mol. The minimum atomic E-state index is -0.552. The van der Waals surface area contributed by atoms with Gasteiger partial charge in [0, 0.05) is 18.7 Å². The lowest BCUT2D eigenvalue weighted by Gasteiger charge is -2.12. The van der Waals surface area contributed by atoms with Crippen LogP contribution in [-0.4, -0.2) is 45.9 Å². The second kappa shape index (κ2) is 14.4. The number of carbonyl (C=O) groups is 3. The van der Waals surface area contributed by atoms with Gasteiger partial charge in [0.25, 0.3) is 0 Å². The van der Waals surface area contributed by atoms with Crippen LogP contribution in [0.15, 0.2) is 67.0 Å². The van der Waals surface area contributed by atoms with Crippen LogP contribution in [0.4, 0.5) is 0 Å². The van der Waals surface area contributed by atoms with Gasteiger partial charge in [0.2, 0.25) is 0 Å². The van der Waals surface area contributed by atoms with Crippen LogP contribution in [0.3, 0.4) is 0 Å². The number of hydrogen-bond donors (Lipinski definition) is 0. The Morgan fingerprint density at radius 2 is 1.84 bits per heavy atom. The number of fused-ring (bicyclic) bond motifs is 2. The van der Waals surface area contributed by atoms with Gasteiger partial charge in [-0.15, -0.1) is 5.10 Å². The Morgan fingerprint density at radius 1 is 1.03 bits per heavy atom. The molecule has 0 saturated heterocycles. The molecule has 8 nitrogen and oxygen atoms in total. The number of allylic oxidation sites excluding steroid dienone is 7. The van der Waals surface area contributed by atoms with E-state index in [0.29, 0.717) is 38.7 Å². The second-order valence-electron chi connectivity index (χ2n) is 6.70. The van der Waals surface area contributed by atoms with Gasteiger partial charge in [-0.2, -0.15) is 0 Å². The van der Waals surface area contributed by atoms with Crippen LogP contribution in [0.1, 0.15) is 31.4 Å². The van der Waals surface area contributed by atoms with Gasteiger partial charge < -0.3 is 9.47 Å². The summed E-state index contributed by atoms with van der Waals surface area (Å²) in [6, 6.07) is 0. The predicted octanol–water partition coefficient (Wildman–Crippen LogP) is 2.83. The molecule has 1 atom stereocenters. The fourth-order valence-electron chi connectivity index (χ4n) is 2.68. The Balaban J connectivity index is 2.08. The minimum absolute atomic E-state index is 0.209. The van der Waals surface area contributed by atoms with Gasteiger partial charge in [0.1, 0.15) is 12.4 Å². The molecule has 0 saturated carbocycles. The Morgan fingerprint density at radius 3 is 2.71 bits per heavy atom. The third-order valence-electron chi connectivity index (χ3n) is 4.16. The molecule has 0 fully saturated rings. The summed E-state index contributed by atoms with van der Waals surface area (Å²) in [5, 5.41) is 8.24. The number of hydrogen-bond acceptors (Lipinski definition) is 7. The van der Waals surface area contributed by atoms with Crippen molar-refractivity contribution in [1.29, 1.82) is 0 Å². The lowest BCUT2D eigenvalue weighted by Crippen LogP contribution is -2.21. The number of nitrogens with zero attached hydrogens (tertiary/aromatic N) is 3. The second-order valence-corrected chi connectivity index (χ2v) is 6.70. The number of aromatic nitrogens is 3. The summed E-state index contributed by atoms with van der Waals surface area (Å²) in [4.78, 5) is 34.1. The molecule has 1 aliphatic rings. The lowest BCUT2D eigenvalue weighted by molar-refractivity contribution is -0.144. The van der Waals surface area contributed by atoms with E-state index in [1.165, 1.54) is 12.2 Å². The zero-order valence-electron chi connectivity index (χ0n) is 17.3. The number of carbonyl (C=O) groups excluding carboxylic acids is 3. The van der Waals surface area contributed by atoms with Gasteiger partial charge in [0.05, 0.1) is 18.8 Å². The molecule has 1 aromatic rings. The van der Waals surface area contributed by atoms with Crippen molar-refractivity contribution >= 4 is 18.2 Å². The fourth-order valence-corrected chi connectivity index (χ4v) is 2.68. The van der Waals surface area contributed by atoms with E-state index >= 15 is 0 Å². The molecule has 1 unspecified atom stereocenters. The molecule has 31 heavy (non-hydrogen) atoms. The monoisotopic (exact) mass is 425 g/mol. The Kier molecular flexibility index (Phi) is 11.0. The molecule has 0 aromatic carbocycles. The normalized spacial score (nSPS) is 21.9. The summed E-state index contributed by atoms with van der Waals surface area (Å²) >= 11 is 0. The SMILES string of the molecule is O=C/C=C/C=C/C=C/C1Cn2cc(nn2)CCCCC(=O)OCC/C=C/C=C/C(=O)O1. The van der Waals surface area contributed by atoms with Crippen molar-refractivity contribution in [3.63, 3.8) is 0 Å². The zero-order valence-corrected chi connectivity index (χ0v) is 17.3. The van der Waals surface area contributed by atoms with Crippen molar-refractivity contribution in [1.82, 2.24) is 15.0 Å². The molecule has 0 N–H and O–H groups in total. The number of aldehydes is 1. The molecular weight excluding hydrogens is 398 g/mol. The van der Waals surface area contributed by atoms with Gasteiger partial charge in [-0.05, 0) is 37.8 Å². The summed E-state index contributed by atoms with van der Waals surface area (Å²) in [5.74, 6) is -0.701. The summed E-state index contributed by atoms with van der Waals surface area (Å²) in [6.07, 6.45) is 21.4. The average molecular weight is 425 g/mol. The average Bonchev–Trinajstić information content (AvgIpc) is 3.19. The number of rotatable bonds is 4. The first-order chi connectivity index (χ1) is 15.2. The first-order valence-corrected chi connectivity index (χ1v) is 10.2. The lowest BCUT2D eigenvalue weighted by atomic mass is 10.1. The van der Waals surface area contributed by atoms with E-state index in [2.05, 4.69) is 10.3 Å². The molecule has 1 aliphatic heterocycles. The molecule has 2 rings (SSSR count). The summed E-state index contributed by atoms with van der Waals surface area (Å²) in [6.45, 7) is 0.619. The van der Waals surface area contributed by atoms with Gasteiger partial charge in [-0.25, -0.2) is 9.48 Å². The number of cyclic esters (lactones) is 2. The van der Waals surface area contributed by atoms with Crippen LogP contribution in [0, 0.1) is 0 Å². The molecular formula is C23H27N3O5. The van der Waals surface area contributed by atoms with Crippen molar-refractivity contribution < 1.29 is 23.9 Å². The number of ether oxygens (including phenoxy) is 2. The molecule has 1 aromatic heterocycles. The quantitative estimate of drug-likeness (QED) is 0.316. The largest absolute Gasteiger partial charge is 0.465 e. The first-order valence-electron chi connectivity index (χ1n) is 10.2. The van der Waals surface area contributed by atoms with E-state index in [-0.39, 0.29) is 5.97 Å². The van der Waals surface area contributed by atoms with Crippen LogP contribution in [-0.2, 0) is 36.8 Å². The van der Waals surface area contributed by atoms with Crippen molar-refractivity contribution in [3.05, 3.63) is 72.7 Å². The molecule has 0 amide bonds. The molecule has 0 spiro atoms. The van der Waals surface area contributed by atoms with Gasteiger partial charge in [-0.3, -0.25) is 9.59 Å². The van der Waals surface area contributed by atoms with Gasteiger partial charge in [0.15, 0.2) is 0 Å². The number of esters is 2. The van der Waals surface area contributed by atoms with Gasteiger partial charge >= 0.3 is 11.9 Å². The molecule has 2 bridgehead atoms. The highest BCUT2D eigenvalue weighted by molar-refractivity contribution is 5.82. The van der Waals surface area contributed by atoms with E-state index < -0.39 is 12.1 Å². The maximum Gasteiger partial charge on any atom is 0.331 e. The van der Waals surface area contributed by atoms with Crippen LogP contribution < -0.4 is 0 Å². The highest BCUT2D eigenvalue weighted by Gasteiger charge is 2.12. The third kappa shape index (κ3) is 10.7. The Hall–Kier alpha value is -3.55.